The van der Waals surface area contributed by atoms with Crippen LogP contribution in [-0.4, -0.2) is 52.6 Å². The number of nitrogens with one attached hydrogen (secondary N) is 1. The van der Waals surface area contributed by atoms with Crippen LogP contribution in [0.25, 0.3) is 0 Å². The molecule has 1 aromatic carbocycles. The molecule has 0 aromatic heterocycles. The van der Waals surface area contributed by atoms with E-state index in [0.29, 0.717) is 12.2 Å². The van der Waals surface area contributed by atoms with Crippen molar-refractivity contribution < 1.29 is 21.6 Å². The SMILES string of the molecule is CC1Cc2cc(S(=O)(=O)N3CCNS(=O)(=O)CC3)ccc2O1. The summed E-state index contributed by atoms with van der Waals surface area (Å²) in [7, 11) is -7.09. The maximum atomic E-state index is 12.7. The number of hydrogen-bond donors (Lipinski definition) is 1. The van der Waals surface area contributed by atoms with Crippen molar-refractivity contribution >= 4 is 20.0 Å². The van der Waals surface area contributed by atoms with E-state index in [2.05, 4.69) is 4.72 Å². The first-order chi connectivity index (χ1) is 10.3. The molecule has 0 spiro atoms. The molecule has 122 valence electrons. The molecule has 2 aliphatic rings. The second kappa shape index (κ2) is 5.48. The van der Waals surface area contributed by atoms with Gasteiger partial charge in [0.2, 0.25) is 20.0 Å². The zero-order valence-corrected chi connectivity index (χ0v) is 13.8. The Morgan fingerprint density at radius 3 is 2.86 bits per heavy atom. The van der Waals surface area contributed by atoms with Gasteiger partial charge in [0.05, 0.1) is 10.6 Å². The van der Waals surface area contributed by atoms with Crippen molar-refractivity contribution in [3.8, 4) is 5.75 Å². The Hall–Kier alpha value is -1.16. The van der Waals surface area contributed by atoms with E-state index in [1.165, 1.54) is 10.4 Å². The molecule has 1 N–H and O–H groups in total. The Balaban J connectivity index is 1.89. The highest BCUT2D eigenvalue weighted by molar-refractivity contribution is 7.90. The van der Waals surface area contributed by atoms with Crippen LogP contribution in [0.4, 0.5) is 0 Å². The summed E-state index contributed by atoms with van der Waals surface area (Å²) < 4.78 is 57.6. The van der Waals surface area contributed by atoms with Gasteiger partial charge in [0.15, 0.2) is 0 Å². The fourth-order valence-electron chi connectivity index (χ4n) is 2.68. The van der Waals surface area contributed by atoms with Gasteiger partial charge in [-0.15, -0.1) is 0 Å². The van der Waals surface area contributed by atoms with E-state index < -0.39 is 20.0 Å². The Kier molecular flexibility index (Phi) is 3.92. The zero-order valence-electron chi connectivity index (χ0n) is 12.1. The van der Waals surface area contributed by atoms with Crippen LogP contribution in [0.5, 0.6) is 5.75 Å². The number of fused-ring (bicyclic) bond motifs is 1. The Morgan fingerprint density at radius 2 is 2.09 bits per heavy atom. The number of hydrogen-bond acceptors (Lipinski definition) is 5. The highest BCUT2D eigenvalue weighted by Gasteiger charge is 2.30. The fraction of sp³-hybridized carbons (Fsp3) is 0.538. The molecule has 1 unspecified atom stereocenters. The molecular formula is C13H18N2O5S2. The topological polar surface area (TPSA) is 92.8 Å². The van der Waals surface area contributed by atoms with Crippen molar-refractivity contribution in [1.29, 1.82) is 0 Å². The monoisotopic (exact) mass is 346 g/mol. The lowest BCUT2D eigenvalue weighted by atomic mass is 10.1. The lowest BCUT2D eigenvalue weighted by Crippen LogP contribution is -2.34. The van der Waals surface area contributed by atoms with Crippen LogP contribution >= 0.6 is 0 Å². The molecule has 1 fully saturated rings. The Bertz CT molecular complexity index is 789. The first-order valence-electron chi connectivity index (χ1n) is 7.05. The standard InChI is InChI=1S/C13H18N2O5S2/c1-10-8-11-9-12(2-3-13(11)20-10)22(18,19)15-5-4-14-21(16,17)7-6-15/h2-3,9-10,14H,4-8H2,1H3. The molecule has 22 heavy (non-hydrogen) atoms. The lowest BCUT2D eigenvalue weighted by molar-refractivity contribution is 0.254. The van der Waals surface area contributed by atoms with Gasteiger partial charge >= 0.3 is 0 Å². The molecule has 0 bridgehead atoms. The quantitative estimate of drug-likeness (QED) is 0.809. The molecule has 1 aromatic rings. The van der Waals surface area contributed by atoms with E-state index in [-0.39, 0.29) is 36.4 Å². The van der Waals surface area contributed by atoms with E-state index >= 15 is 0 Å². The maximum absolute atomic E-state index is 12.7. The van der Waals surface area contributed by atoms with Gasteiger partial charge in [0.25, 0.3) is 0 Å². The van der Waals surface area contributed by atoms with Crippen molar-refractivity contribution in [2.75, 3.05) is 25.4 Å². The van der Waals surface area contributed by atoms with Crippen LogP contribution in [-0.2, 0) is 26.5 Å². The molecule has 1 atom stereocenters. The van der Waals surface area contributed by atoms with Gasteiger partial charge in [0, 0.05) is 26.1 Å². The third kappa shape index (κ3) is 2.98. The Labute approximate surface area is 130 Å². The van der Waals surface area contributed by atoms with Gasteiger partial charge in [-0.2, -0.15) is 4.31 Å². The third-order valence-corrected chi connectivity index (χ3v) is 7.06. The van der Waals surface area contributed by atoms with Crippen LogP contribution in [0, 0.1) is 0 Å². The van der Waals surface area contributed by atoms with Gasteiger partial charge in [-0.05, 0) is 30.7 Å². The van der Waals surface area contributed by atoms with E-state index in [9.17, 15) is 16.8 Å². The van der Waals surface area contributed by atoms with Gasteiger partial charge in [-0.1, -0.05) is 0 Å². The summed E-state index contributed by atoms with van der Waals surface area (Å²) >= 11 is 0. The van der Waals surface area contributed by atoms with Crippen LogP contribution in [0.3, 0.4) is 0 Å². The highest BCUT2D eigenvalue weighted by atomic mass is 32.2. The van der Waals surface area contributed by atoms with Crippen LogP contribution < -0.4 is 9.46 Å². The normalized spacial score (nSPS) is 25.2. The summed E-state index contributed by atoms with van der Waals surface area (Å²) in [5.74, 6) is 0.490. The van der Waals surface area contributed by atoms with E-state index in [4.69, 9.17) is 4.74 Å². The van der Waals surface area contributed by atoms with Gasteiger partial charge in [-0.3, -0.25) is 0 Å². The van der Waals surface area contributed by atoms with Crippen molar-refractivity contribution in [3.63, 3.8) is 0 Å². The first kappa shape index (κ1) is 15.7. The number of ether oxygens (including phenoxy) is 1. The fourth-order valence-corrected chi connectivity index (χ4v) is 5.30. The minimum Gasteiger partial charge on any atom is -0.490 e. The molecule has 0 saturated carbocycles. The molecule has 0 amide bonds. The molecule has 9 heteroatoms. The highest BCUT2D eigenvalue weighted by Crippen LogP contribution is 2.31. The second-order valence-corrected chi connectivity index (χ2v) is 9.38. The van der Waals surface area contributed by atoms with Crippen LogP contribution in [0.2, 0.25) is 0 Å². The molecule has 1 saturated heterocycles. The van der Waals surface area contributed by atoms with Crippen molar-refractivity contribution in [3.05, 3.63) is 23.8 Å². The minimum absolute atomic E-state index is 0.0400. The molecule has 0 radical (unpaired) electrons. The van der Waals surface area contributed by atoms with E-state index in [0.717, 1.165) is 5.56 Å². The van der Waals surface area contributed by atoms with Crippen molar-refractivity contribution in [2.45, 2.75) is 24.3 Å². The predicted molar refractivity (Wildman–Crippen MR) is 80.8 cm³/mol. The number of sulfonamides is 2. The summed E-state index contributed by atoms with van der Waals surface area (Å²) in [6.45, 7) is 2.11. The molecular weight excluding hydrogens is 328 g/mol. The first-order valence-corrected chi connectivity index (χ1v) is 10.1. The second-order valence-electron chi connectivity index (χ2n) is 5.52. The molecule has 2 heterocycles. The minimum atomic E-state index is -3.70. The van der Waals surface area contributed by atoms with Gasteiger partial charge in [-0.25, -0.2) is 21.6 Å². The van der Waals surface area contributed by atoms with Gasteiger partial charge in [0.1, 0.15) is 11.9 Å². The summed E-state index contributed by atoms with van der Waals surface area (Å²) in [6, 6.07) is 4.80. The summed E-state index contributed by atoms with van der Waals surface area (Å²) in [6.07, 6.45) is 0.717. The summed E-state index contributed by atoms with van der Waals surface area (Å²) in [5.41, 5.74) is 0.870. The van der Waals surface area contributed by atoms with Crippen LogP contribution in [0.1, 0.15) is 12.5 Å². The number of benzene rings is 1. The summed E-state index contributed by atoms with van der Waals surface area (Å²) in [4.78, 5) is 0.184. The van der Waals surface area contributed by atoms with E-state index in [1.54, 1.807) is 12.1 Å². The van der Waals surface area contributed by atoms with Gasteiger partial charge < -0.3 is 4.74 Å². The molecule has 7 nitrogen and oxygen atoms in total. The lowest BCUT2D eigenvalue weighted by Gasteiger charge is -2.19. The smallest absolute Gasteiger partial charge is 0.243 e. The average Bonchev–Trinajstić information content (AvgIpc) is 2.70. The maximum Gasteiger partial charge on any atom is 0.243 e. The number of rotatable bonds is 2. The van der Waals surface area contributed by atoms with Crippen LogP contribution in [0.15, 0.2) is 23.1 Å². The van der Waals surface area contributed by atoms with Crippen molar-refractivity contribution in [1.82, 2.24) is 9.03 Å². The molecule has 0 aliphatic carbocycles. The largest absolute Gasteiger partial charge is 0.490 e. The molecule has 3 rings (SSSR count). The average molecular weight is 346 g/mol. The van der Waals surface area contributed by atoms with Crippen molar-refractivity contribution in [2.24, 2.45) is 0 Å². The third-order valence-electron chi connectivity index (χ3n) is 3.80. The Morgan fingerprint density at radius 1 is 1.32 bits per heavy atom. The molecule has 2 aliphatic heterocycles. The number of nitrogens with zero attached hydrogens (tertiary/aromatic N) is 1. The zero-order chi connectivity index (χ0) is 16.0. The predicted octanol–water partition coefficient (Wildman–Crippen LogP) is -0.0663. The summed E-state index contributed by atoms with van der Waals surface area (Å²) in [5, 5.41) is 0. The van der Waals surface area contributed by atoms with E-state index in [1.807, 2.05) is 6.92 Å².